The summed E-state index contributed by atoms with van der Waals surface area (Å²) in [6.07, 6.45) is 1.55. The quantitative estimate of drug-likeness (QED) is 0.520. The van der Waals surface area contributed by atoms with Crippen LogP contribution in [0.1, 0.15) is 24.0 Å². The van der Waals surface area contributed by atoms with Crippen molar-refractivity contribution in [3.63, 3.8) is 0 Å². The fourth-order valence-corrected chi connectivity index (χ4v) is 2.76. The summed E-state index contributed by atoms with van der Waals surface area (Å²) in [5.74, 6) is 0.679. The second kappa shape index (κ2) is 8.18. The SMILES string of the molecule is CN=C(NCc1cccc(C#N)c1)N1CCC(C(=O)OC)CC1. The highest BCUT2D eigenvalue weighted by molar-refractivity contribution is 5.80. The van der Waals surface area contributed by atoms with Gasteiger partial charge in [-0.25, -0.2) is 0 Å². The summed E-state index contributed by atoms with van der Waals surface area (Å²) in [4.78, 5) is 18.0. The third-order valence-electron chi connectivity index (χ3n) is 4.05. The fourth-order valence-electron chi connectivity index (χ4n) is 2.76. The number of carbonyl (C=O) groups excluding carboxylic acids is 1. The molecule has 1 saturated heterocycles. The van der Waals surface area contributed by atoms with Crippen LogP contribution in [0.2, 0.25) is 0 Å². The Bertz CT molecular complexity index is 613. The zero-order valence-electron chi connectivity index (χ0n) is 13.6. The van der Waals surface area contributed by atoms with Gasteiger partial charge in [-0.3, -0.25) is 9.79 Å². The molecule has 0 atom stereocenters. The maximum absolute atomic E-state index is 11.6. The van der Waals surface area contributed by atoms with Crippen LogP contribution in [0.15, 0.2) is 29.3 Å². The highest BCUT2D eigenvalue weighted by Gasteiger charge is 2.26. The topological polar surface area (TPSA) is 77.7 Å². The molecule has 0 radical (unpaired) electrons. The van der Waals surface area contributed by atoms with E-state index in [4.69, 9.17) is 10.00 Å². The van der Waals surface area contributed by atoms with Crippen LogP contribution in [-0.4, -0.2) is 44.1 Å². The standard InChI is InChI=1S/C17H22N4O2/c1-19-17(20-12-14-5-3-4-13(10-14)11-18)21-8-6-15(7-9-21)16(22)23-2/h3-5,10,15H,6-9,12H2,1-2H3,(H,19,20). The minimum absolute atomic E-state index is 0.0123. The van der Waals surface area contributed by atoms with Crippen LogP contribution >= 0.6 is 0 Å². The molecule has 0 spiro atoms. The lowest BCUT2D eigenvalue weighted by atomic mass is 9.97. The molecule has 2 rings (SSSR count). The summed E-state index contributed by atoms with van der Waals surface area (Å²) in [6, 6.07) is 9.65. The van der Waals surface area contributed by atoms with E-state index in [1.54, 1.807) is 13.1 Å². The van der Waals surface area contributed by atoms with Gasteiger partial charge in [0.1, 0.15) is 0 Å². The normalized spacial score (nSPS) is 15.9. The third-order valence-corrected chi connectivity index (χ3v) is 4.05. The van der Waals surface area contributed by atoms with E-state index in [1.165, 1.54) is 7.11 Å². The van der Waals surface area contributed by atoms with Gasteiger partial charge < -0.3 is 15.0 Å². The molecule has 1 aromatic rings. The number of nitriles is 1. The first-order valence-electron chi connectivity index (χ1n) is 7.70. The summed E-state index contributed by atoms with van der Waals surface area (Å²) >= 11 is 0. The Morgan fingerprint density at radius 1 is 1.48 bits per heavy atom. The number of hydrogen-bond donors (Lipinski definition) is 1. The summed E-state index contributed by atoms with van der Waals surface area (Å²) < 4.78 is 4.81. The van der Waals surface area contributed by atoms with E-state index in [0.717, 1.165) is 37.5 Å². The van der Waals surface area contributed by atoms with E-state index in [9.17, 15) is 4.79 Å². The highest BCUT2D eigenvalue weighted by Crippen LogP contribution is 2.18. The predicted molar refractivity (Wildman–Crippen MR) is 87.7 cm³/mol. The van der Waals surface area contributed by atoms with E-state index in [1.807, 2.05) is 18.2 Å². The Morgan fingerprint density at radius 3 is 2.83 bits per heavy atom. The number of methoxy groups -OCH3 is 1. The molecule has 0 bridgehead atoms. The molecule has 6 heteroatoms. The van der Waals surface area contributed by atoms with E-state index in [0.29, 0.717) is 12.1 Å². The molecule has 0 unspecified atom stereocenters. The molecule has 0 amide bonds. The van der Waals surface area contributed by atoms with Crippen molar-refractivity contribution in [3.8, 4) is 6.07 Å². The van der Waals surface area contributed by atoms with Gasteiger partial charge in [0.15, 0.2) is 5.96 Å². The highest BCUT2D eigenvalue weighted by atomic mass is 16.5. The number of esters is 1. The summed E-state index contributed by atoms with van der Waals surface area (Å²) in [5, 5.41) is 12.3. The zero-order valence-corrected chi connectivity index (χ0v) is 13.6. The molecular weight excluding hydrogens is 292 g/mol. The minimum Gasteiger partial charge on any atom is -0.469 e. The van der Waals surface area contributed by atoms with Gasteiger partial charge in [0.25, 0.3) is 0 Å². The largest absolute Gasteiger partial charge is 0.469 e. The molecular formula is C17H22N4O2. The van der Waals surface area contributed by atoms with Crippen LogP contribution in [0, 0.1) is 17.2 Å². The number of piperidine rings is 1. The van der Waals surface area contributed by atoms with Crippen LogP contribution in [0.4, 0.5) is 0 Å². The van der Waals surface area contributed by atoms with Crippen molar-refractivity contribution >= 4 is 11.9 Å². The summed E-state index contributed by atoms with van der Waals surface area (Å²) in [6.45, 7) is 2.16. The Balaban J connectivity index is 1.89. The second-order valence-electron chi connectivity index (χ2n) is 5.50. The molecule has 1 aromatic carbocycles. The lowest BCUT2D eigenvalue weighted by Gasteiger charge is -2.33. The first-order chi connectivity index (χ1) is 11.2. The number of benzene rings is 1. The molecule has 1 aliphatic heterocycles. The van der Waals surface area contributed by atoms with E-state index in [-0.39, 0.29) is 11.9 Å². The Morgan fingerprint density at radius 2 is 2.22 bits per heavy atom. The van der Waals surface area contributed by atoms with Crippen molar-refractivity contribution in [2.45, 2.75) is 19.4 Å². The average Bonchev–Trinajstić information content (AvgIpc) is 2.62. The van der Waals surface area contributed by atoms with Gasteiger partial charge in [0.2, 0.25) is 0 Å². The lowest BCUT2D eigenvalue weighted by Crippen LogP contribution is -2.46. The number of nitrogens with zero attached hydrogens (tertiary/aromatic N) is 3. The molecule has 1 heterocycles. The number of hydrogen-bond acceptors (Lipinski definition) is 4. The van der Waals surface area contributed by atoms with Crippen molar-refractivity contribution in [3.05, 3.63) is 35.4 Å². The van der Waals surface area contributed by atoms with Crippen molar-refractivity contribution in [2.24, 2.45) is 10.9 Å². The number of ether oxygens (including phenoxy) is 1. The number of nitrogens with one attached hydrogen (secondary N) is 1. The molecule has 1 fully saturated rings. The van der Waals surface area contributed by atoms with Crippen LogP contribution in [0.5, 0.6) is 0 Å². The Kier molecular flexibility index (Phi) is 5.98. The molecule has 23 heavy (non-hydrogen) atoms. The number of rotatable bonds is 3. The summed E-state index contributed by atoms with van der Waals surface area (Å²) in [7, 11) is 3.19. The average molecular weight is 314 g/mol. The zero-order chi connectivity index (χ0) is 16.7. The Labute approximate surface area is 136 Å². The van der Waals surface area contributed by atoms with Gasteiger partial charge in [0.05, 0.1) is 24.7 Å². The van der Waals surface area contributed by atoms with Gasteiger partial charge in [0, 0.05) is 26.7 Å². The maximum atomic E-state index is 11.6. The number of guanidine groups is 1. The van der Waals surface area contributed by atoms with Gasteiger partial charge in [-0.2, -0.15) is 5.26 Å². The van der Waals surface area contributed by atoms with Crippen molar-refractivity contribution in [1.82, 2.24) is 10.2 Å². The minimum atomic E-state index is -0.124. The van der Waals surface area contributed by atoms with Gasteiger partial charge in [-0.05, 0) is 30.5 Å². The molecule has 0 aliphatic carbocycles. The van der Waals surface area contributed by atoms with Crippen molar-refractivity contribution in [2.75, 3.05) is 27.2 Å². The monoisotopic (exact) mass is 314 g/mol. The van der Waals surface area contributed by atoms with Crippen molar-refractivity contribution in [1.29, 1.82) is 5.26 Å². The van der Waals surface area contributed by atoms with E-state index in [2.05, 4.69) is 21.3 Å². The van der Waals surface area contributed by atoms with Gasteiger partial charge in [-0.1, -0.05) is 12.1 Å². The van der Waals surface area contributed by atoms with Crippen LogP contribution in [0.3, 0.4) is 0 Å². The van der Waals surface area contributed by atoms with Gasteiger partial charge in [-0.15, -0.1) is 0 Å². The second-order valence-corrected chi connectivity index (χ2v) is 5.50. The lowest BCUT2D eigenvalue weighted by molar-refractivity contribution is -0.146. The molecule has 122 valence electrons. The molecule has 0 aromatic heterocycles. The maximum Gasteiger partial charge on any atom is 0.308 e. The van der Waals surface area contributed by atoms with Crippen LogP contribution < -0.4 is 5.32 Å². The predicted octanol–water partition coefficient (Wildman–Crippen LogP) is 1.52. The smallest absolute Gasteiger partial charge is 0.308 e. The van der Waals surface area contributed by atoms with Crippen LogP contribution in [-0.2, 0) is 16.1 Å². The first-order valence-corrected chi connectivity index (χ1v) is 7.70. The van der Waals surface area contributed by atoms with Crippen molar-refractivity contribution < 1.29 is 9.53 Å². The molecule has 1 aliphatic rings. The first kappa shape index (κ1) is 16.8. The molecule has 1 N–H and O–H groups in total. The van der Waals surface area contributed by atoms with Crippen LogP contribution in [0.25, 0.3) is 0 Å². The third kappa shape index (κ3) is 4.46. The van der Waals surface area contributed by atoms with Gasteiger partial charge >= 0.3 is 5.97 Å². The number of carbonyl (C=O) groups is 1. The molecule has 6 nitrogen and oxygen atoms in total. The number of likely N-dealkylation sites (tertiary alicyclic amines) is 1. The van der Waals surface area contributed by atoms with E-state index >= 15 is 0 Å². The fraction of sp³-hybridized carbons (Fsp3) is 0.471. The molecule has 0 saturated carbocycles. The van der Waals surface area contributed by atoms with E-state index < -0.39 is 0 Å². The summed E-state index contributed by atoms with van der Waals surface area (Å²) in [5.41, 5.74) is 1.69. The Hall–Kier alpha value is -2.55. The number of aliphatic imine (C=N–C) groups is 1.